The van der Waals surface area contributed by atoms with Crippen LogP contribution in [-0.4, -0.2) is 29.8 Å². The molecular weight excluding hydrogens is 264 g/mol. The van der Waals surface area contributed by atoms with Gasteiger partial charge in [-0.05, 0) is 38.8 Å². The molecule has 1 aliphatic heterocycles. The normalized spacial score (nSPS) is 19.0. The summed E-state index contributed by atoms with van der Waals surface area (Å²) in [6, 6.07) is 4.23. The van der Waals surface area contributed by atoms with Gasteiger partial charge < -0.3 is 14.8 Å². The molecule has 4 nitrogen and oxygen atoms in total. The molecule has 0 amide bonds. The van der Waals surface area contributed by atoms with Crippen molar-refractivity contribution in [3.05, 3.63) is 23.4 Å². The molecule has 2 rings (SSSR count). The predicted octanol–water partition coefficient (Wildman–Crippen LogP) is 3.09. The Kier molecular flexibility index (Phi) is 5.59. The second-order valence-corrected chi connectivity index (χ2v) is 6.76. The number of rotatable bonds is 6. The van der Waals surface area contributed by atoms with Crippen molar-refractivity contribution in [3.63, 3.8) is 0 Å². The molecule has 1 unspecified atom stereocenters. The summed E-state index contributed by atoms with van der Waals surface area (Å²) in [4.78, 5) is 4.63. The highest BCUT2D eigenvalue weighted by atomic mass is 16.5. The van der Waals surface area contributed by atoms with Gasteiger partial charge in [-0.15, -0.1) is 0 Å². The molecule has 0 aliphatic carbocycles. The molecule has 2 heterocycles. The molecule has 0 bridgehead atoms. The summed E-state index contributed by atoms with van der Waals surface area (Å²) in [7, 11) is 0. The summed E-state index contributed by atoms with van der Waals surface area (Å²) in [5.41, 5.74) is 2.45. The number of hydrogen-bond donors (Lipinski definition) is 1. The van der Waals surface area contributed by atoms with Crippen molar-refractivity contribution in [1.29, 1.82) is 0 Å². The van der Waals surface area contributed by atoms with E-state index in [9.17, 15) is 0 Å². The fraction of sp³-hybridized carbons (Fsp3) is 0.706. The molecule has 0 spiro atoms. The van der Waals surface area contributed by atoms with Gasteiger partial charge in [-0.2, -0.15) is 0 Å². The first-order valence-corrected chi connectivity index (χ1v) is 7.95. The smallest absolute Gasteiger partial charge is 0.214 e. The standard InChI is InChI=1S/C17H28N2O2/c1-5-6-14-9-13(11-18-17(2,3)4)10-16(19-14)21-15-7-8-20-12-15/h9-10,15,18H,5-8,11-12H2,1-4H3. The van der Waals surface area contributed by atoms with Gasteiger partial charge in [-0.1, -0.05) is 13.3 Å². The van der Waals surface area contributed by atoms with Crippen LogP contribution in [0.15, 0.2) is 12.1 Å². The Bertz CT molecular complexity index is 449. The van der Waals surface area contributed by atoms with Gasteiger partial charge in [0, 0.05) is 30.3 Å². The third kappa shape index (κ3) is 5.64. The lowest BCUT2D eigenvalue weighted by Crippen LogP contribution is -2.35. The van der Waals surface area contributed by atoms with Gasteiger partial charge in [-0.3, -0.25) is 0 Å². The zero-order valence-electron chi connectivity index (χ0n) is 13.7. The van der Waals surface area contributed by atoms with Crippen molar-refractivity contribution in [3.8, 4) is 5.88 Å². The molecule has 21 heavy (non-hydrogen) atoms. The van der Waals surface area contributed by atoms with Crippen molar-refractivity contribution in [2.24, 2.45) is 0 Å². The molecule has 1 aromatic rings. The van der Waals surface area contributed by atoms with E-state index in [0.29, 0.717) is 6.61 Å². The molecule has 0 saturated carbocycles. The van der Waals surface area contributed by atoms with Crippen LogP contribution < -0.4 is 10.1 Å². The first-order valence-electron chi connectivity index (χ1n) is 7.95. The van der Waals surface area contributed by atoms with E-state index >= 15 is 0 Å². The summed E-state index contributed by atoms with van der Waals surface area (Å²) in [6.45, 7) is 11.0. The zero-order valence-corrected chi connectivity index (χ0v) is 13.7. The lowest BCUT2D eigenvalue weighted by Gasteiger charge is -2.21. The second-order valence-electron chi connectivity index (χ2n) is 6.76. The van der Waals surface area contributed by atoms with E-state index in [2.05, 4.69) is 50.1 Å². The van der Waals surface area contributed by atoms with Crippen molar-refractivity contribution < 1.29 is 9.47 Å². The highest BCUT2D eigenvalue weighted by Crippen LogP contribution is 2.19. The van der Waals surface area contributed by atoms with Gasteiger partial charge in [0.05, 0.1) is 13.2 Å². The number of pyridine rings is 1. The van der Waals surface area contributed by atoms with E-state index in [-0.39, 0.29) is 11.6 Å². The zero-order chi connectivity index (χ0) is 15.3. The van der Waals surface area contributed by atoms with Crippen LogP contribution in [0.3, 0.4) is 0 Å². The lowest BCUT2D eigenvalue weighted by molar-refractivity contribution is 0.138. The van der Waals surface area contributed by atoms with Gasteiger partial charge in [0.15, 0.2) is 0 Å². The average molecular weight is 292 g/mol. The van der Waals surface area contributed by atoms with Crippen LogP contribution in [0, 0.1) is 0 Å². The molecule has 1 fully saturated rings. The monoisotopic (exact) mass is 292 g/mol. The fourth-order valence-electron chi connectivity index (χ4n) is 2.31. The number of aromatic nitrogens is 1. The van der Waals surface area contributed by atoms with Crippen LogP contribution >= 0.6 is 0 Å². The summed E-state index contributed by atoms with van der Waals surface area (Å²) < 4.78 is 11.3. The quantitative estimate of drug-likeness (QED) is 0.875. The van der Waals surface area contributed by atoms with Crippen LogP contribution in [0.2, 0.25) is 0 Å². The van der Waals surface area contributed by atoms with Crippen LogP contribution in [0.5, 0.6) is 5.88 Å². The third-order valence-electron chi connectivity index (χ3n) is 3.42. The van der Waals surface area contributed by atoms with Crippen LogP contribution in [-0.2, 0) is 17.7 Å². The number of aryl methyl sites for hydroxylation is 1. The van der Waals surface area contributed by atoms with Crippen molar-refractivity contribution in [1.82, 2.24) is 10.3 Å². The maximum atomic E-state index is 5.97. The van der Waals surface area contributed by atoms with Gasteiger partial charge in [0.1, 0.15) is 6.10 Å². The molecule has 1 aliphatic rings. The van der Waals surface area contributed by atoms with E-state index in [1.165, 1.54) is 5.56 Å². The maximum Gasteiger partial charge on any atom is 0.214 e. The molecule has 1 saturated heterocycles. The topological polar surface area (TPSA) is 43.4 Å². The molecular formula is C17H28N2O2. The molecule has 118 valence electrons. The first kappa shape index (κ1) is 16.2. The highest BCUT2D eigenvalue weighted by molar-refractivity contribution is 5.26. The minimum absolute atomic E-state index is 0.106. The molecule has 1 N–H and O–H groups in total. The number of nitrogens with zero attached hydrogens (tertiary/aromatic N) is 1. The van der Waals surface area contributed by atoms with E-state index in [1.807, 2.05) is 0 Å². The van der Waals surface area contributed by atoms with E-state index in [0.717, 1.165) is 44.0 Å². The van der Waals surface area contributed by atoms with E-state index < -0.39 is 0 Å². The fourth-order valence-corrected chi connectivity index (χ4v) is 2.31. The largest absolute Gasteiger partial charge is 0.472 e. The number of ether oxygens (including phenoxy) is 2. The van der Waals surface area contributed by atoms with Gasteiger partial charge in [0.2, 0.25) is 5.88 Å². The molecule has 1 atom stereocenters. The Morgan fingerprint density at radius 3 is 2.81 bits per heavy atom. The Labute approximate surface area is 128 Å². The first-order chi connectivity index (χ1) is 9.96. The Balaban J connectivity index is 2.08. The van der Waals surface area contributed by atoms with Crippen molar-refractivity contribution in [2.75, 3.05) is 13.2 Å². The number of nitrogens with one attached hydrogen (secondary N) is 1. The van der Waals surface area contributed by atoms with Gasteiger partial charge >= 0.3 is 0 Å². The molecule has 4 heteroatoms. The summed E-state index contributed by atoms with van der Waals surface area (Å²) >= 11 is 0. The molecule has 0 aromatic carbocycles. The van der Waals surface area contributed by atoms with E-state index in [1.54, 1.807) is 0 Å². The summed E-state index contributed by atoms with van der Waals surface area (Å²) in [5, 5.41) is 3.52. The summed E-state index contributed by atoms with van der Waals surface area (Å²) in [5.74, 6) is 0.738. The van der Waals surface area contributed by atoms with Gasteiger partial charge in [0.25, 0.3) is 0 Å². The van der Waals surface area contributed by atoms with Crippen LogP contribution in [0.25, 0.3) is 0 Å². The molecule has 1 aromatic heterocycles. The van der Waals surface area contributed by atoms with Crippen molar-refractivity contribution in [2.45, 2.75) is 65.1 Å². The Morgan fingerprint density at radius 2 is 2.19 bits per heavy atom. The number of hydrogen-bond acceptors (Lipinski definition) is 4. The predicted molar refractivity (Wildman–Crippen MR) is 84.7 cm³/mol. The Hall–Kier alpha value is -1.13. The summed E-state index contributed by atoms with van der Waals surface area (Å²) in [6.07, 6.45) is 3.18. The Morgan fingerprint density at radius 1 is 1.38 bits per heavy atom. The second kappa shape index (κ2) is 7.23. The average Bonchev–Trinajstić information content (AvgIpc) is 2.89. The molecule has 0 radical (unpaired) electrons. The highest BCUT2D eigenvalue weighted by Gasteiger charge is 2.18. The minimum atomic E-state index is 0.106. The third-order valence-corrected chi connectivity index (χ3v) is 3.42. The van der Waals surface area contributed by atoms with E-state index in [4.69, 9.17) is 9.47 Å². The van der Waals surface area contributed by atoms with Crippen molar-refractivity contribution >= 4 is 0 Å². The maximum absolute atomic E-state index is 5.97. The minimum Gasteiger partial charge on any atom is -0.472 e. The SMILES string of the molecule is CCCc1cc(CNC(C)(C)C)cc(OC2CCOC2)n1. The van der Waals surface area contributed by atoms with Crippen LogP contribution in [0.4, 0.5) is 0 Å². The van der Waals surface area contributed by atoms with Crippen LogP contribution in [0.1, 0.15) is 51.8 Å². The lowest BCUT2D eigenvalue weighted by atomic mass is 10.1. The van der Waals surface area contributed by atoms with Gasteiger partial charge in [-0.25, -0.2) is 4.98 Å².